The van der Waals surface area contributed by atoms with Crippen molar-refractivity contribution in [2.24, 2.45) is 0 Å². The molecule has 0 aliphatic carbocycles. The van der Waals surface area contributed by atoms with E-state index in [0.717, 1.165) is 0 Å². The standard InChI is InChI=1S/C3H6O2.C2H4O2.2Y/c1-2-3(4)5;1-2(3)4;;/h2H2,1H3,(H,4,5);1H3,(H,3,4);;/i2D;1D;;. The Hall–Kier alpha value is 1.15. The van der Waals surface area contributed by atoms with Gasteiger partial charge in [-0.2, -0.15) is 0 Å². The van der Waals surface area contributed by atoms with E-state index in [9.17, 15) is 9.59 Å². The number of carboxylic acids is 2. The molecule has 0 spiro atoms. The van der Waals surface area contributed by atoms with Gasteiger partial charge < -0.3 is 10.2 Å². The van der Waals surface area contributed by atoms with Crippen molar-refractivity contribution in [1.82, 2.24) is 0 Å². The SMILES string of the molecule is [2H]C(C)C(=O)O.[2H]CC(=O)O.[Y].[Y]. The van der Waals surface area contributed by atoms with E-state index in [1.165, 1.54) is 6.92 Å². The fraction of sp³-hybridized carbons (Fsp3) is 0.600. The van der Waals surface area contributed by atoms with Crippen molar-refractivity contribution in [3.63, 3.8) is 0 Å². The monoisotopic (exact) mass is 314 g/mol. The van der Waals surface area contributed by atoms with E-state index in [-0.39, 0.29) is 65.4 Å². The second-order valence-corrected chi connectivity index (χ2v) is 1.02. The summed E-state index contributed by atoms with van der Waals surface area (Å²) in [5, 5.41) is 15.3. The topological polar surface area (TPSA) is 74.6 Å². The fourth-order valence-electron chi connectivity index (χ4n) is 0. The molecule has 0 aliphatic rings. The van der Waals surface area contributed by atoms with Crippen LogP contribution in [0.15, 0.2) is 0 Å². The summed E-state index contributed by atoms with van der Waals surface area (Å²) >= 11 is 0. The summed E-state index contributed by atoms with van der Waals surface area (Å²) in [4.78, 5) is 18.7. The van der Waals surface area contributed by atoms with Gasteiger partial charge in [-0.1, -0.05) is 6.92 Å². The molecule has 4 nitrogen and oxygen atoms in total. The Morgan fingerprint density at radius 1 is 1.45 bits per heavy atom. The Morgan fingerprint density at radius 2 is 1.64 bits per heavy atom. The number of rotatable bonds is 1. The van der Waals surface area contributed by atoms with Gasteiger partial charge in [0, 0.05) is 81.5 Å². The summed E-state index contributed by atoms with van der Waals surface area (Å²) in [6, 6.07) is 0. The van der Waals surface area contributed by atoms with Crippen LogP contribution in [0, 0.1) is 0 Å². The molecule has 0 saturated carbocycles. The average Bonchev–Trinajstić information content (AvgIpc) is 1.89. The average molecular weight is 314 g/mol. The number of aliphatic carboxylic acids is 2. The van der Waals surface area contributed by atoms with Crippen LogP contribution in [0.3, 0.4) is 0 Å². The molecular formula is C5H10O4Y2. The first-order chi connectivity index (χ1) is 4.91. The molecule has 60 valence electrons. The van der Waals surface area contributed by atoms with Crippen LogP contribution in [0.4, 0.5) is 0 Å². The molecule has 0 aliphatic heterocycles. The zero-order chi connectivity index (χ0) is 9.44. The predicted molar refractivity (Wildman–Crippen MR) is 31.2 cm³/mol. The normalized spacial score (nSPS) is 11.0. The first-order valence-corrected chi connectivity index (χ1v) is 2.08. The van der Waals surface area contributed by atoms with Crippen molar-refractivity contribution < 1.29 is 88.0 Å². The van der Waals surface area contributed by atoms with Crippen LogP contribution in [0.5, 0.6) is 0 Å². The van der Waals surface area contributed by atoms with Crippen molar-refractivity contribution in [1.29, 1.82) is 0 Å². The molecule has 0 aromatic carbocycles. The summed E-state index contributed by atoms with van der Waals surface area (Å²) in [6.45, 7) is 0.780. The van der Waals surface area contributed by atoms with E-state index in [0.29, 0.717) is 0 Å². The van der Waals surface area contributed by atoms with Gasteiger partial charge >= 0.3 is 5.97 Å². The van der Waals surface area contributed by atoms with Gasteiger partial charge in [0.25, 0.3) is 5.97 Å². The molecule has 11 heavy (non-hydrogen) atoms. The number of carboxylic acid groups (broad SMARTS) is 2. The molecule has 0 bridgehead atoms. The molecule has 0 fully saturated rings. The van der Waals surface area contributed by atoms with Gasteiger partial charge in [-0.15, -0.1) is 0 Å². The third-order valence-corrected chi connectivity index (χ3v) is 0.247. The Kier molecular flexibility index (Phi) is 23.0. The number of hydrogen-bond acceptors (Lipinski definition) is 2. The molecule has 0 amide bonds. The Morgan fingerprint density at radius 3 is 1.64 bits per heavy atom. The van der Waals surface area contributed by atoms with Gasteiger partial charge in [0.2, 0.25) is 0 Å². The van der Waals surface area contributed by atoms with Gasteiger partial charge in [-0.25, -0.2) is 0 Å². The van der Waals surface area contributed by atoms with Gasteiger partial charge in [0.15, 0.2) is 0 Å². The smallest absolute Gasteiger partial charge is 0.303 e. The van der Waals surface area contributed by atoms with Crippen molar-refractivity contribution in [2.45, 2.75) is 20.2 Å². The molecular weight excluding hydrogens is 302 g/mol. The van der Waals surface area contributed by atoms with Crippen LogP contribution in [0.1, 0.15) is 23.0 Å². The summed E-state index contributed by atoms with van der Waals surface area (Å²) in [5.74, 6) is -2.15. The molecule has 0 heterocycles. The van der Waals surface area contributed by atoms with Crippen LogP contribution in [-0.2, 0) is 75.0 Å². The number of hydrogen-bond donors (Lipinski definition) is 2. The summed E-state index contributed by atoms with van der Waals surface area (Å²) < 4.78 is 12.5. The number of carbonyl (C=O) groups is 2. The minimum Gasteiger partial charge on any atom is -0.481 e. The minimum atomic E-state index is -1.08. The second-order valence-electron chi connectivity index (χ2n) is 1.02. The molecule has 0 aromatic heterocycles. The Balaban J connectivity index is -0.0000000546. The molecule has 1 unspecified atom stereocenters. The van der Waals surface area contributed by atoms with Crippen molar-refractivity contribution in [2.75, 3.05) is 0 Å². The van der Waals surface area contributed by atoms with Gasteiger partial charge in [0.1, 0.15) is 0 Å². The fourth-order valence-corrected chi connectivity index (χ4v) is 0. The zero-order valence-corrected chi connectivity index (χ0v) is 11.8. The summed E-state index contributed by atoms with van der Waals surface area (Å²) in [5.41, 5.74) is 0. The molecule has 1 atom stereocenters. The summed E-state index contributed by atoms with van der Waals surface area (Å²) in [6.07, 6.45) is -0.981. The van der Waals surface area contributed by atoms with Crippen LogP contribution in [-0.4, -0.2) is 22.2 Å². The summed E-state index contributed by atoms with van der Waals surface area (Å²) in [7, 11) is 0. The van der Waals surface area contributed by atoms with Crippen LogP contribution in [0.2, 0.25) is 0 Å². The molecule has 2 radical (unpaired) electrons. The van der Waals surface area contributed by atoms with Crippen LogP contribution in [0.25, 0.3) is 0 Å². The third-order valence-electron chi connectivity index (χ3n) is 0.247. The van der Waals surface area contributed by atoms with E-state index < -0.39 is 25.2 Å². The molecule has 0 aromatic rings. The van der Waals surface area contributed by atoms with Gasteiger partial charge in [-0.3, -0.25) is 9.59 Å². The maximum atomic E-state index is 9.51. The molecule has 0 rings (SSSR count). The quantitative estimate of drug-likeness (QED) is 0.742. The molecule has 6 heteroatoms. The maximum Gasteiger partial charge on any atom is 0.303 e. The predicted octanol–water partition coefficient (Wildman–Crippen LogP) is 0.567. The van der Waals surface area contributed by atoms with Crippen LogP contribution < -0.4 is 0 Å². The third kappa shape index (κ3) is 94.1. The Bertz CT molecular complexity index is 142. The first kappa shape index (κ1) is 14.7. The Labute approximate surface area is 119 Å². The first-order valence-electron chi connectivity index (χ1n) is 3.36. The molecule has 2 N–H and O–H groups in total. The van der Waals surface area contributed by atoms with E-state index in [2.05, 4.69) is 0 Å². The van der Waals surface area contributed by atoms with Crippen LogP contribution >= 0.6 is 0 Å². The van der Waals surface area contributed by atoms with Crippen molar-refractivity contribution in [3.05, 3.63) is 0 Å². The van der Waals surface area contributed by atoms with Crippen molar-refractivity contribution >= 4 is 11.9 Å². The van der Waals surface area contributed by atoms with E-state index in [1.807, 2.05) is 0 Å². The molecule has 0 saturated heterocycles. The maximum absolute atomic E-state index is 9.51. The van der Waals surface area contributed by atoms with Gasteiger partial charge in [0.05, 0.1) is 0 Å². The van der Waals surface area contributed by atoms with E-state index in [4.69, 9.17) is 13.0 Å². The van der Waals surface area contributed by atoms with E-state index in [1.54, 1.807) is 0 Å². The van der Waals surface area contributed by atoms with E-state index >= 15 is 0 Å². The van der Waals surface area contributed by atoms with Gasteiger partial charge in [-0.05, 0) is 0 Å². The van der Waals surface area contributed by atoms with Crippen molar-refractivity contribution in [3.8, 4) is 0 Å². The largest absolute Gasteiger partial charge is 0.481 e. The second kappa shape index (κ2) is 17.3. The zero-order valence-electron chi connectivity index (χ0n) is 8.15. The minimum absolute atomic E-state index is 0.